The van der Waals surface area contributed by atoms with E-state index in [0.29, 0.717) is 36.4 Å². The first-order valence-electron chi connectivity index (χ1n) is 7.30. The highest BCUT2D eigenvalue weighted by Crippen LogP contribution is 2.35. The Kier molecular flexibility index (Phi) is 4.52. The zero-order chi connectivity index (χ0) is 14.9. The summed E-state index contributed by atoms with van der Waals surface area (Å²) in [5, 5.41) is 10.3. The number of urea groups is 1. The summed E-state index contributed by atoms with van der Waals surface area (Å²) in [6.45, 7) is 8.60. The van der Waals surface area contributed by atoms with E-state index in [1.807, 2.05) is 23.6 Å². The van der Waals surface area contributed by atoms with Gasteiger partial charge in [0.05, 0.1) is 5.41 Å². The third-order valence-corrected chi connectivity index (χ3v) is 5.67. The lowest BCUT2D eigenvalue weighted by molar-refractivity contribution is -0.148. The summed E-state index contributed by atoms with van der Waals surface area (Å²) in [5.74, 6) is -0.772. The van der Waals surface area contributed by atoms with Gasteiger partial charge in [0.1, 0.15) is 0 Å². The van der Waals surface area contributed by atoms with Crippen LogP contribution in [0.1, 0.15) is 33.6 Å². The first kappa shape index (κ1) is 15.5. The summed E-state index contributed by atoms with van der Waals surface area (Å²) >= 11 is 1.91. The van der Waals surface area contributed by atoms with Crippen molar-refractivity contribution >= 4 is 23.8 Å². The first-order valence-corrected chi connectivity index (χ1v) is 8.25. The number of hydrogen-bond acceptors (Lipinski definition) is 3. The van der Waals surface area contributed by atoms with E-state index >= 15 is 0 Å². The number of carboxylic acids is 1. The van der Waals surface area contributed by atoms with Gasteiger partial charge in [-0.3, -0.25) is 4.79 Å². The van der Waals surface area contributed by atoms with Crippen molar-refractivity contribution in [3.05, 3.63) is 0 Å². The summed E-state index contributed by atoms with van der Waals surface area (Å²) in [6.07, 6.45) is 1.15. The van der Waals surface area contributed by atoms with Gasteiger partial charge < -0.3 is 14.9 Å². The van der Waals surface area contributed by atoms with E-state index in [4.69, 9.17) is 0 Å². The first-order chi connectivity index (χ1) is 9.38. The van der Waals surface area contributed by atoms with Crippen LogP contribution in [-0.2, 0) is 4.79 Å². The third kappa shape index (κ3) is 2.90. The molecule has 2 amide bonds. The molecule has 6 heteroatoms. The second-order valence-electron chi connectivity index (χ2n) is 6.06. The molecule has 20 heavy (non-hydrogen) atoms. The molecule has 2 heterocycles. The van der Waals surface area contributed by atoms with Gasteiger partial charge in [-0.05, 0) is 12.8 Å². The molecule has 0 aromatic carbocycles. The topological polar surface area (TPSA) is 60.9 Å². The second kappa shape index (κ2) is 5.84. The van der Waals surface area contributed by atoms with Gasteiger partial charge in [0.2, 0.25) is 0 Å². The smallest absolute Gasteiger partial charge is 0.320 e. The Balaban J connectivity index is 2.02. The molecular weight excluding hydrogens is 276 g/mol. The van der Waals surface area contributed by atoms with Crippen LogP contribution in [0.25, 0.3) is 0 Å². The van der Waals surface area contributed by atoms with Crippen LogP contribution >= 0.6 is 11.8 Å². The molecule has 2 fully saturated rings. The second-order valence-corrected chi connectivity index (χ2v) is 7.94. The molecule has 3 unspecified atom stereocenters. The quantitative estimate of drug-likeness (QED) is 0.848. The fourth-order valence-corrected chi connectivity index (χ4v) is 4.51. The molecule has 2 aliphatic rings. The fraction of sp³-hybridized carbons (Fsp3) is 0.857. The normalized spacial score (nSPS) is 34.4. The molecule has 5 nitrogen and oxygen atoms in total. The maximum absolute atomic E-state index is 12.6. The molecule has 2 aliphatic heterocycles. The number of aliphatic carboxylic acids is 1. The average molecular weight is 300 g/mol. The van der Waals surface area contributed by atoms with Gasteiger partial charge in [0, 0.05) is 36.7 Å². The van der Waals surface area contributed by atoms with Gasteiger partial charge >= 0.3 is 12.0 Å². The Hall–Kier alpha value is -0.910. The number of nitrogens with zero attached hydrogens (tertiary/aromatic N) is 2. The highest BCUT2D eigenvalue weighted by molar-refractivity contribution is 8.00. The Morgan fingerprint density at radius 1 is 1.25 bits per heavy atom. The number of hydrogen-bond donors (Lipinski definition) is 1. The van der Waals surface area contributed by atoms with E-state index in [1.165, 1.54) is 0 Å². The highest BCUT2D eigenvalue weighted by atomic mass is 32.2. The van der Waals surface area contributed by atoms with Crippen molar-refractivity contribution in [3.63, 3.8) is 0 Å². The van der Waals surface area contributed by atoms with E-state index in [2.05, 4.69) is 13.8 Å². The monoisotopic (exact) mass is 300 g/mol. The number of carbonyl (C=O) groups excluding carboxylic acids is 1. The Morgan fingerprint density at radius 2 is 1.85 bits per heavy atom. The molecule has 0 radical (unpaired) electrons. The van der Waals surface area contributed by atoms with Crippen molar-refractivity contribution in [3.8, 4) is 0 Å². The maximum Gasteiger partial charge on any atom is 0.320 e. The van der Waals surface area contributed by atoms with Crippen LogP contribution in [0, 0.1) is 5.41 Å². The minimum absolute atomic E-state index is 0.0144. The fourth-order valence-electron chi connectivity index (χ4n) is 3.18. The molecule has 3 atom stereocenters. The standard InChI is InChI=1S/C14H24N2O3S/c1-4-14(12(17)18)5-6-15(9-14)13(19)16-7-10(2)20-11(3)8-16/h10-11H,4-9H2,1-3H3,(H,17,18). The zero-order valence-electron chi connectivity index (χ0n) is 12.5. The average Bonchev–Trinajstić information content (AvgIpc) is 2.82. The van der Waals surface area contributed by atoms with Gasteiger partial charge in [0.25, 0.3) is 0 Å². The predicted octanol–water partition coefficient (Wildman–Crippen LogP) is 2.12. The summed E-state index contributed by atoms with van der Waals surface area (Å²) < 4.78 is 0. The Morgan fingerprint density at radius 3 is 2.30 bits per heavy atom. The molecular formula is C14H24N2O3S. The summed E-state index contributed by atoms with van der Waals surface area (Å²) in [5.41, 5.74) is -0.739. The van der Waals surface area contributed by atoms with Gasteiger partial charge in [-0.25, -0.2) is 4.79 Å². The summed E-state index contributed by atoms with van der Waals surface area (Å²) in [4.78, 5) is 27.6. The van der Waals surface area contributed by atoms with E-state index in [-0.39, 0.29) is 6.03 Å². The molecule has 0 spiro atoms. The van der Waals surface area contributed by atoms with Crippen LogP contribution in [0.3, 0.4) is 0 Å². The van der Waals surface area contributed by atoms with Crippen LogP contribution in [0.2, 0.25) is 0 Å². The Labute approximate surface area is 124 Å². The van der Waals surface area contributed by atoms with E-state index in [0.717, 1.165) is 13.1 Å². The van der Waals surface area contributed by atoms with Crippen LogP contribution in [0.5, 0.6) is 0 Å². The van der Waals surface area contributed by atoms with Gasteiger partial charge in [0.15, 0.2) is 0 Å². The molecule has 0 bridgehead atoms. The van der Waals surface area contributed by atoms with Crippen molar-refractivity contribution in [1.82, 2.24) is 9.80 Å². The number of carboxylic acid groups (broad SMARTS) is 1. The van der Waals surface area contributed by atoms with Crippen molar-refractivity contribution in [2.24, 2.45) is 5.41 Å². The summed E-state index contributed by atoms with van der Waals surface area (Å²) in [7, 11) is 0. The van der Waals surface area contributed by atoms with Crippen molar-refractivity contribution < 1.29 is 14.7 Å². The molecule has 2 saturated heterocycles. The van der Waals surface area contributed by atoms with Gasteiger partial charge in [-0.2, -0.15) is 11.8 Å². The number of likely N-dealkylation sites (tertiary alicyclic amines) is 1. The van der Waals surface area contributed by atoms with Gasteiger partial charge in [-0.1, -0.05) is 20.8 Å². The lowest BCUT2D eigenvalue weighted by Gasteiger charge is -2.37. The van der Waals surface area contributed by atoms with Crippen LogP contribution in [-0.4, -0.2) is 63.6 Å². The number of thioether (sulfide) groups is 1. The lowest BCUT2D eigenvalue weighted by Crippen LogP contribution is -2.50. The lowest BCUT2D eigenvalue weighted by atomic mass is 9.84. The number of carbonyl (C=O) groups is 2. The molecule has 0 aromatic rings. The van der Waals surface area contributed by atoms with Gasteiger partial charge in [-0.15, -0.1) is 0 Å². The van der Waals surface area contributed by atoms with E-state index in [1.54, 1.807) is 4.90 Å². The van der Waals surface area contributed by atoms with Crippen molar-refractivity contribution in [2.75, 3.05) is 26.2 Å². The SMILES string of the molecule is CCC1(C(=O)O)CCN(C(=O)N2CC(C)SC(C)C2)C1. The number of rotatable bonds is 2. The highest BCUT2D eigenvalue weighted by Gasteiger charge is 2.45. The van der Waals surface area contributed by atoms with Crippen molar-refractivity contribution in [2.45, 2.75) is 44.1 Å². The molecule has 2 rings (SSSR count). The van der Waals surface area contributed by atoms with Crippen molar-refractivity contribution in [1.29, 1.82) is 0 Å². The number of amides is 2. The molecule has 114 valence electrons. The van der Waals surface area contributed by atoms with Crippen LogP contribution in [0.4, 0.5) is 4.79 Å². The largest absolute Gasteiger partial charge is 0.481 e. The molecule has 1 N–H and O–H groups in total. The molecule has 0 aromatic heterocycles. The van der Waals surface area contributed by atoms with E-state index < -0.39 is 11.4 Å². The summed E-state index contributed by atoms with van der Waals surface area (Å²) in [6, 6.07) is 0.0144. The maximum atomic E-state index is 12.6. The van der Waals surface area contributed by atoms with Crippen LogP contribution < -0.4 is 0 Å². The Bertz CT molecular complexity index is 394. The minimum atomic E-state index is -0.772. The molecule has 0 saturated carbocycles. The predicted molar refractivity (Wildman–Crippen MR) is 80.0 cm³/mol. The third-order valence-electron chi connectivity index (χ3n) is 4.44. The minimum Gasteiger partial charge on any atom is -0.481 e. The van der Waals surface area contributed by atoms with Crippen LogP contribution in [0.15, 0.2) is 0 Å². The molecule has 0 aliphatic carbocycles. The van der Waals surface area contributed by atoms with E-state index in [9.17, 15) is 14.7 Å². The zero-order valence-corrected chi connectivity index (χ0v) is 13.3.